The predicted octanol–water partition coefficient (Wildman–Crippen LogP) is 4.10. The predicted molar refractivity (Wildman–Crippen MR) is 80.6 cm³/mol. The number of nitrogens with zero attached hydrogens (tertiary/aromatic N) is 1. The van der Waals surface area contributed by atoms with Crippen LogP contribution in [0.4, 0.5) is 10.1 Å². The molecule has 0 unspecified atom stereocenters. The summed E-state index contributed by atoms with van der Waals surface area (Å²) in [5, 5.41) is 11.9. The van der Waals surface area contributed by atoms with Crippen LogP contribution in [0, 0.1) is 17.1 Å². The van der Waals surface area contributed by atoms with E-state index in [0.717, 1.165) is 11.4 Å². The van der Waals surface area contributed by atoms with E-state index in [4.69, 9.17) is 10.00 Å². The molecule has 0 heterocycles. The number of ether oxygens (including phenoxy) is 1. The van der Waals surface area contributed by atoms with Crippen LogP contribution in [-0.2, 0) is 6.54 Å². The van der Waals surface area contributed by atoms with Gasteiger partial charge in [0.2, 0.25) is 0 Å². The van der Waals surface area contributed by atoms with Crippen molar-refractivity contribution in [3.8, 4) is 11.8 Å². The first-order chi connectivity index (χ1) is 10.1. The molecule has 0 saturated heterocycles. The van der Waals surface area contributed by atoms with Gasteiger partial charge in [-0.2, -0.15) is 5.26 Å². The van der Waals surface area contributed by atoms with Gasteiger partial charge in [0.1, 0.15) is 17.6 Å². The fourth-order valence-corrected chi connectivity index (χ4v) is 1.92. The SMILES string of the molecule is CC(C)Oc1ccc(NCc2cccc(C#N)c2F)cc1. The second-order valence-corrected chi connectivity index (χ2v) is 4.94. The minimum Gasteiger partial charge on any atom is -0.491 e. The molecule has 2 rings (SSSR count). The standard InChI is InChI=1S/C17H17FN2O/c1-12(2)21-16-8-6-15(7-9-16)20-11-14-5-3-4-13(10-19)17(14)18/h3-9,12,20H,11H2,1-2H3. The Labute approximate surface area is 124 Å². The quantitative estimate of drug-likeness (QED) is 0.899. The summed E-state index contributed by atoms with van der Waals surface area (Å²) in [7, 11) is 0. The first-order valence-electron chi connectivity index (χ1n) is 6.78. The van der Waals surface area contributed by atoms with Crippen LogP contribution < -0.4 is 10.1 Å². The zero-order chi connectivity index (χ0) is 15.2. The molecule has 0 aliphatic heterocycles. The molecular formula is C17H17FN2O. The van der Waals surface area contributed by atoms with Crippen molar-refractivity contribution in [2.75, 3.05) is 5.32 Å². The van der Waals surface area contributed by atoms with Crippen molar-refractivity contribution in [2.24, 2.45) is 0 Å². The topological polar surface area (TPSA) is 45.0 Å². The lowest BCUT2D eigenvalue weighted by atomic mass is 10.1. The number of rotatable bonds is 5. The van der Waals surface area contributed by atoms with Crippen molar-refractivity contribution >= 4 is 5.69 Å². The Morgan fingerprint density at radius 3 is 2.52 bits per heavy atom. The van der Waals surface area contributed by atoms with Gasteiger partial charge >= 0.3 is 0 Å². The average Bonchev–Trinajstić information content (AvgIpc) is 2.47. The second kappa shape index (κ2) is 6.76. The van der Waals surface area contributed by atoms with Crippen LogP contribution in [0.5, 0.6) is 5.75 Å². The molecule has 21 heavy (non-hydrogen) atoms. The maximum absolute atomic E-state index is 13.9. The van der Waals surface area contributed by atoms with Crippen molar-refractivity contribution in [3.63, 3.8) is 0 Å². The number of nitriles is 1. The van der Waals surface area contributed by atoms with E-state index in [9.17, 15) is 4.39 Å². The summed E-state index contributed by atoms with van der Waals surface area (Å²) in [4.78, 5) is 0. The van der Waals surface area contributed by atoms with E-state index in [1.54, 1.807) is 12.1 Å². The molecule has 0 amide bonds. The van der Waals surface area contributed by atoms with Gasteiger partial charge in [-0.3, -0.25) is 0 Å². The zero-order valence-corrected chi connectivity index (χ0v) is 12.1. The zero-order valence-electron chi connectivity index (χ0n) is 12.1. The van der Waals surface area contributed by atoms with Crippen molar-refractivity contribution in [1.82, 2.24) is 0 Å². The van der Waals surface area contributed by atoms with Crippen molar-refractivity contribution in [3.05, 3.63) is 59.4 Å². The Morgan fingerprint density at radius 1 is 1.19 bits per heavy atom. The van der Waals surface area contributed by atoms with Gasteiger partial charge in [-0.1, -0.05) is 12.1 Å². The third-order valence-electron chi connectivity index (χ3n) is 2.91. The Hall–Kier alpha value is -2.54. The third kappa shape index (κ3) is 3.96. The summed E-state index contributed by atoms with van der Waals surface area (Å²) < 4.78 is 19.5. The van der Waals surface area contributed by atoms with Crippen LogP contribution in [0.15, 0.2) is 42.5 Å². The average molecular weight is 284 g/mol. The molecule has 0 spiro atoms. The molecule has 0 atom stereocenters. The van der Waals surface area contributed by atoms with Crippen molar-refractivity contribution in [1.29, 1.82) is 5.26 Å². The van der Waals surface area contributed by atoms with E-state index in [-0.39, 0.29) is 11.7 Å². The fraction of sp³-hybridized carbons (Fsp3) is 0.235. The smallest absolute Gasteiger partial charge is 0.145 e. The van der Waals surface area contributed by atoms with Crippen LogP contribution in [0.2, 0.25) is 0 Å². The van der Waals surface area contributed by atoms with Crippen LogP contribution in [0.3, 0.4) is 0 Å². The van der Waals surface area contributed by atoms with Crippen LogP contribution in [0.25, 0.3) is 0 Å². The minimum absolute atomic E-state index is 0.0648. The highest BCUT2D eigenvalue weighted by Crippen LogP contribution is 2.18. The van der Waals surface area contributed by atoms with Gasteiger partial charge in [0, 0.05) is 17.8 Å². The van der Waals surface area contributed by atoms with Gasteiger partial charge < -0.3 is 10.1 Å². The molecule has 0 saturated carbocycles. The summed E-state index contributed by atoms with van der Waals surface area (Å²) in [5.41, 5.74) is 1.40. The Bertz CT molecular complexity index is 645. The summed E-state index contributed by atoms with van der Waals surface area (Å²) in [5.74, 6) is 0.334. The fourth-order valence-electron chi connectivity index (χ4n) is 1.92. The summed E-state index contributed by atoms with van der Waals surface area (Å²) in [6.45, 7) is 4.26. The van der Waals surface area contributed by atoms with Gasteiger partial charge in [-0.15, -0.1) is 0 Å². The van der Waals surface area contributed by atoms with Crippen LogP contribution >= 0.6 is 0 Å². The summed E-state index contributed by atoms with van der Waals surface area (Å²) in [6, 6.07) is 14.1. The van der Waals surface area contributed by atoms with Gasteiger partial charge in [0.25, 0.3) is 0 Å². The largest absolute Gasteiger partial charge is 0.491 e. The Balaban J connectivity index is 2.02. The van der Waals surface area contributed by atoms with Crippen molar-refractivity contribution < 1.29 is 9.13 Å². The van der Waals surface area contributed by atoms with E-state index in [1.165, 1.54) is 6.07 Å². The lowest BCUT2D eigenvalue weighted by Crippen LogP contribution is -2.06. The Kier molecular flexibility index (Phi) is 4.78. The third-order valence-corrected chi connectivity index (χ3v) is 2.91. The molecule has 4 heteroatoms. The first-order valence-corrected chi connectivity index (χ1v) is 6.78. The molecule has 0 bridgehead atoms. The molecule has 0 aliphatic carbocycles. The molecule has 0 aliphatic rings. The van der Waals surface area contributed by atoms with Gasteiger partial charge in [0.05, 0.1) is 11.7 Å². The highest BCUT2D eigenvalue weighted by molar-refractivity contribution is 5.47. The van der Waals surface area contributed by atoms with Crippen LogP contribution in [-0.4, -0.2) is 6.10 Å². The molecule has 0 aromatic heterocycles. The van der Waals surface area contributed by atoms with Gasteiger partial charge in [0.15, 0.2) is 0 Å². The Morgan fingerprint density at radius 2 is 1.90 bits per heavy atom. The van der Waals surface area contributed by atoms with Gasteiger partial charge in [-0.25, -0.2) is 4.39 Å². The highest BCUT2D eigenvalue weighted by Gasteiger charge is 2.07. The summed E-state index contributed by atoms with van der Waals surface area (Å²) >= 11 is 0. The molecule has 1 N–H and O–H groups in total. The van der Waals surface area contributed by atoms with Crippen LogP contribution in [0.1, 0.15) is 25.0 Å². The second-order valence-electron chi connectivity index (χ2n) is 4.94. The molecule has 2 aromatic rings. The molecule has 108 valence electrons. The highest BCUT2D eigenvalue weighted by atomic mass is 19.1. The van der Waals surface area contributed by atoms with Crippen molar-refractivity contribution in [2.45, 2.75) is 26.5 Å². The van der Waals surface area contributed by atoms with E-state index >= 15 is 0 Å². The minimum atomic E-state index is -0.465. The molecule has 0 fully saturated rings. The van der Waals surface area contributed by atoms with E-state index < -0.39 is 5.82 Å². The number of hydrogen-bond acceptors (Lipinski definition) is 3. The lowest BCUT2D eigenvalue weighted by molar-refractivity contribution is 0.242. The number of anilines is 1. The molecule has 3 nitrogen and oxygen atoms in total. The van der Waals surface area contributed by atoms with E-state index in [0.29, 0.717) is 12.1 Å². The normalized spacial score (nSPS) is 10.2. The number of benzene rings is 2. The number of nitrogens with one attached hydrogen (secondary N) is 1. The van der Waals surface area contributed by atoms with E-state index in [2.05, 4.69) is 5.32 Å². The molecule has 0 radical (unpaired) electrons. The van der Waals surface area contributed by atoms with Gasteiger partial charge in [-0.05, 0) is 44.2 Å². The lowest BCUT2D eigenvalue weighted by Gasteiger charge is -2.11. The maximum Gasteiger partial charge on any atom is 0.145 e. The molecular weight excluding hydrogens is 267 g/mol. The maximum atomic E-state index is 13.9. The molecule has 2 aromatic carbocycles. The summed E-state index contributed by atoms with van der Waals surface area (Å²) in [6.07, 6.45) is 0.131. The number of halogens is 1. The van der Waals surface area contributed by atoms with E-state index in [1.807, 2.05) is 44.2 Å². The number of hydrogen-bond donors (Lipinski definition) is 1. The monoisotopic (exact) mass is 284 g/mol. The first kappa shape index (κ1) is 14.9.